The van der Waals surface area contributed by atoms with Crippen molar-refractivity contribution >= 4 is 29.3 Å². The third-order valence-electron chi connectivity index (χ3n) is 6.00. The van der Waals surface area contributed by atoms with Crippen LogP contribution in [-0.2, 0) is 4.79 Å². The average molecular weight is 488 g/mol. The monoisotopic (exact) mass is 487 g/mol. The van der Waals surface area contributed by atoms with Crippen LogP contribution >= 0.6 is 0 Å². The molecule has 3 aromatic heterocycles. The number of benzene rings is 1. The molecular weight excluding hydrogens is 458 g/mol. The molecule has 1 aromatic carbocycles. The third-order valence-corrected chi connectivity index (χ3v) is 6.00. The zero-order chi connectivity index (χ0) is 25.5. The molecule has 1 unspecified atom stereocenters. The van der Waals surface area contributed by atoms with E-state index in [0.717, 1.165) is 48.5 Å². The molecule has 1 saturated heterocycles. The van der Waals surface area contributed by atoms with Gasteiger partial charge in [0.2, 0.25) is 0 Å². The van der Waals surface area contributed by atoms with Gasteiger partial charge in [-0.1, -0.05) is 18.2 Å². The van der Waals surface area contributed by atoms with Gasteiger partial charge in [-0.05, 0) is 50.7 Å². The first-order valence-electron chi connectivity index (χ1n) is 11.7. The highest BCUT2D eigenvalue weighted by atomic mass is 16.3. The summed E-state index contributed by atoms with van der Waals surface area (Å²) in [6.07, 6.45) is 7.96. The van der Waals surface area contributed by atoms with Crippen LogP contribution in [0.5, 0.6) is 0 Å². The van der Waals surface area contributed by atoms with Crippen LogP contribution in [-0.4, -0.2) is 68.3 Å². The lowest BCUT2D eigenvalue weighted by atomic mass is 9.98. The summed E-state index contributed by atoms with van der Waals surface area (Å²) in [5.41, 5.74) is 9.31. The number of fused-ring (bicyclic) bond motifs is 1. The van der Waals surface area contributed by atoms with Crippen LogP contribution in [0.2, 0.25) is 0 Å². The largest absolute Gasteiger partial charge is 0.389 e. The van der Waals surface area contributed by atoms with Crippen molar-refractivity contribution in [1.82, 2.24) is 24.3 Å². The van der Waals surface area contributed by atoms with Gasteiger partial charge in [0.05, 0.1) is 6.61 Å². The summed E-state index contributed by atoms with van der Waals surface area (Å²) in [5.74, 6) is 2.09. The second-order valence-corrected chi connectivity index (χ2v) is 8.55. The van der Waals surface area contributed by atoms with Gasteiger partial charge in [-0.2, -0.15) is 0 Å². The lowest BCUT2D eigenvalue weighted by molar-refractivity contribution is -0.110. The van der Waals surface area contributed by atoms with Crippen LogP contribution in [0.3, 0.4) is 0 Å². The Bertz CT molecular complexity index is 1320. The van der Waals surface area contributed by atoms with Crippen molar-refractivity contribution in [3.63, 3.8) is 0 Å². The number of aliphatic hydroxyl groups excluding tert-OH is 1. The smallest absolute Gasteiger partial charge is 0.256 e. The fourth-order valence-electron chi connectivity index (χ4n) is 4.36. The first kappa shape index (κ1) is 25.0. The predicted octanol–water partition coefficient (Wildman–Crippen LogP) is 2.61. The van der Waals surface area contributed by atoms with Gasteiger partial charge < -0.3 is 25.9 Å². The summed E-state index contributed by atoms with van der Waals surface area (Å²) in [7, 11) is 2.15. The maximum absolute atomic E-state index is 12.6. The van der Waals surface area contributed by atoms with Crippen molar-refractivity contribution in [2.24, 2.45) is 0 Å². The Balaban J connectivity index is 0.000000709. The van der Waals surface area contributed by atoms with E-state index >= 15 is 0 Å². The Morgan fingerprint density at radius 2 is 1.97 bits per heavy atom. The van der Waals surface area contributed by atoms with Gasteiger partial charge in [-0.25, -0.2) is 15.0 Å². The molecule has 0 bridgehead atoms. The molecule has 0 aliphatic carbocycles. The molecule has 1 atom stereocenters. The molecular formula is C26H29N7O3. The van der Waals surface area contributed by atoms with E-state index in [-0.39, 0.29) is 12.5 Å². The van der Waals surface area contributed by atoms with E-state index in [2.05, 4.69) is 31.6 Å². The van der Waals surface area contributed by atoms with E-state index in [1.807, 2.05) is 24.4 Å². The van der Waals surface area contributed by atoms with Crippen LogP contribution in [0.4, 0.5) is 11.6 Å². The van der Waals surface area contributed by atoms with E-state index in [1.165, 1.54) is 0 Å². The molecule has 0 spiro atoms. The van der Waals surface area contributed by atoms with Gasteiger partial charge in [0.15, 0.2) is 0 Å². The third kappa shape index (κ3) is 5.56. The zero-order valence-electron chi connectivity index (χ0n) is 20.0. The van der Waals surface area contributed by atoms with Gasteiger partial charge in [0, 0.05) is 42.2 Å². The number of amides is 1. The molecule has 4 heterocycles. The van der Waals surface area contributed by atoms with Gasteiger partial charge in [0.1, 0.15) is 35.0 Å². The number of nitrogens with one attached hydrogen (secondary N) is 1. The molecule has 0 saturated carbocycles. The van der Waals surface area contributed by atoms with Gasteiger partial charge in [0.25, 0.3) is 5.91 Å². The molecule has 1 fully saturated rings. The number of hydrogen-bond acceptors (Lipinski definition) is 8. The lowest BCUT2D eigenvalue weighted by Crippen LogP contribution is -2.31. The van der Waals surface area contributed by atoms with Crippen molar-refractivity contribution in [3.8, 4) is 11.3 Å². The van der Waals surface area contributed by atoms with Gasteiger partial charge in [-0.3, -0.25) is 9.20 Å². The number of aromatic nitrogens is 4. The number of nitrogens with zero attached hydrogens (tertiary/aromatic N) is 5. The Kier molecular flexibility index (Phi) is 7.99. The molecule has 1 aliphatic heterocycles. The zero-order valence-corrected chi connectivity index (χ0v) is 20.0. The van der Waals surface area contributed by atoms with E-state index in [9.17, 15) is 4.79 Å². The van der Waals surface area contributed by atoms with E-state index in [1.54, 1.807) is 36.7 Å². The summed E-state index contributed by atoms with van der Waals surface area (Å²) < 4.78 is 2.07. The Labute approximate surface area is 208 Å². The van der Waals surface area contributed by atoms with Gasteiger partial charge >= 0.3 is 0 Å². The number of likely N-dealkylation sites (N-methyl/N-ethyl adjacent to an activating group) is 1. The highest BCUT2D eigenvalue weighted by Gasteiger charge is 2.26. The summed E-state index contributed by atoms with van der Waals surface area (Å²) in [5, 5.41) is 10.3. The number of pyridine rings is 1. The number of nitrogens with two attached hydrogens (primary N) is 1. The minimum Gasteiger partial charge on any atom is -0.389 e. The van der Waals surface area contributed by atoms with Crippen molar-refractivity contribution in [2.75, 3.05) is 37.8 Å². The Morgan fingerprint density at radius 1 is 1.19 bits per heavy atom. The molecule has 5 rings (SSSR count). The fraction of sp³-hybridized carbons (Fsp3) is 0.269. The number of imidazole rings is 1. The van der Waals surface area contributed by atoms with E-state index in [0.29, 0.717) is 29.4 Å². The SMILES string of the molecule is CN1CCCC(c2nc(-c3ccc(C(=O)Nc4ccccn4)cc3)c3c(N)nccn23)C1.O=CCO. The molecule has 186 valence electrons. The number of carbonyl (C=O) groups is 2. The van der Waals surface area contributed by atoms with Crippen molar-refractivity contribution in [1.29, 1.82) is 0 Å². The maximum Gasteiger partial charge on any atom is 0.256 e. The minimum absolute atomic E-state index is 0.211. The fourth-order valence-corrected chi connectivity index (χ4v) is 4.36. The topological polar surface area (TPSA) is 139 Å². The number of aliphatic hydroxyl groups is 1. The van der Waals surface area contributed by atoms with Crippen LogP contribution in [0.1, 0.15) is 34.9 Å². The van der Waals surface area contributed by atoms with Gasteiger partial charge in [-0.15, -0.1) is 0 Å². The number of aldehydes is 1. The summed E-state index contributed by atoms with van der Waals surface area (Å²) >= 11 is 0. The lowest BCUT2D eigenvalue weighted by Gasteiger charge is -2.28. The minimum atomic E-state index is -0.361. The molecule has 4 aromatic rings. The Hall–Kier alpha value is -4.15. The number of likely N-dealkylation sites (tertiary alicyclic amines) is 1. The molecule has 1 amide bonds. The van der Waals surface area contributed by atoms with Crippen molar-refractivity contribution in [3.05, 3.63) is 72.4 Å². The van der Waals surface area contributed by atoms with Crippen LogP contribution < -0.4 is 11.1 Å². The standard InChI is InChI=1S/C24H25N7O.C2H4O2/c1-30-13-4-5-18(15-30)23-29-20(21-22(25)27-12-14-31(21)23)16-7-9-17(10-8-16)24(32)28-19-6-2-3-11-26-19;3-1-2-4/h2-3,6-12,14,18H,4-5,13,15H2,1H3,(H2,25,27)(H,26,28,32);1,4H,2H2. The molecule has 36 heavy (non-hydrogen) atoms. The van der Waals surface area contributed by atoms with Crippen LogP contribution in [0, 0.1) is 0 Å². The number of carbonyl (C=O) groups excluding carboxylic acids is 2. The predicted molar refractivity (Wildman–Crippen MR) is 138 cm³/mol. The number of hydrogen-bond donors (Lipinski definition) is 3. The second kappa shape index (κ2) is 11.5. The normalized spacial score (nSPS) is 15.7. The quantitative estimate of drug-likeness (QED) is 0.365. The van der Waals surface area contributed by atoms with E-state index in [4.69, 9.17) is 20.6 Å². The Morgan fingerprint density at radius 3 is 2.64 bits per heavy atom. The summed E-state index contributed by atoms with van der Waals surface area (Å²) in [6.45, 7) is 1.71. The number of rotatable bonds is 5. The first-order valence-corrected chi connectivity index (χ1v) is 11.7. The maximum atomic E-state index is 12.6. The van der Waals surface area contributed by atoms with Crippen LogP contribution in [0.15, 0.2) is 61.1 Å². The molecule has 10 heteroatoms. The van der Waals surface area contributed by atoms with Crippen molar-refractivity contribution in [2.45, 2.75) is 18.8 Å². The second-order valence-electron chi connectivity index (χ2n) is 8.55. The average Bonchev–Trinajstić information content (AvgIpc) is 3.31. The first-order chi connectivity index (χ1) is 17.5. The summed E-state index contributed by atoms with van der Waals surface area (Å²) in [6, 6.07) is 12.8. The molecule has 10 nitrogen and oxygen atoms in total. The van der Waals surface area contributed by atoms with E-state index < -0.39 is 0 Å². The number of piperidine rings is 1. The number of anilines is 2. The highest BCUT2D eigenvalue weighted by Crippen LogP contribution is 2.33. The summed E-state index contributed by atoms with van der Waals surface area (Å²) in [4.78, 5) is 37.3. The molecule has 0 radical (unpaired) electrons. The number of nitrogen functional groups attached to an aromatic ring is 1. The van der Waals surface area contributed by atoms with Crippen molar-refractivity contribution < 1.29 is 14.7 Å². The highest BCUT2D eigenvalue weighted by molar-refractivity contribution is 6.04. The van der Waals surface area contributed by atoms with Crippen LogP contribution in [0.25, 0.3) is 16.8 Å². The molecule has 1 aliphatic rings. The molecule has 4 N–H and O–H groups in total.